The van der Waals surface area contributed by atoms with Crippen molar-refractivity contribution in [2.24, 2.45) is 5.41 Å². The average molecular weight is 608 g/mol. The molecule has 2 aromatic carbocycles. The molecule has 0 bridgehead atoms. The number of fused-ring (bicyclic) bond motifs is 1. The lowest BCUT2D eigenvalue weighted by molar-refractivity contribution is -0.257. The predicted molar refractivity (Wildman–Crippen MR) is 136 cm³/mol. The second-order valence-corrected chi connectivity index (χ2v) is 12.1. The van der Waals surface area contributed by atoms with Crippen molar-refractivity contribution in [1.82, 2.24) is 0 Å². The van der Waals surface area contributed by atoms with Crippen molar-refractivity contribution in [2.75, 3.05) is 24.6 Å². The summed E-state index contributed by atoms with van der Waals surface area (Å²) < 4.78 is 97.3. The summed E-state index contributed by atoms with van der Waals surface area (Å²) in [5.41, 5.74) is -4.47. The first-order valence-electron chi connectivity index (χ1n) is 12.1. The topological polar surface area (TPSA) is 140 Å². The minimum absolute atomic E-state index is 0.0441. The Morgan fingerprint density at radius 2 is 1.78 bits per heavy atom. The number of carbonyl (C=O) groups excluding carboxylic acids is 1. The maximum atomic E-state index is 14.0. The van der Waals surface area contributed by atoms with Crippen LogP contribution in [0.1, 0.15) is 32.8 Å². The predicted octanol–water partition coefficient (Wildman–Crippen LogP) is 3.69. The lowest BCUT2D eigenvalue weighted by Gasteiger charge is -2.38. The molecule has 1 aliphatic heterocycles. The van der Waals surface area contributed by atoms with E-state index >= 15 is 0 Å². The van der Waals surface area contributed by atoms with Gasteiger partial charge in [0.15, 0.2) is 11.6 Å². The van der Waals surface area contributed by atoms with E-state index in [1.54, 1.807) is 0 Å². The van der Waals surface area contributed by atoms with Crippen LogP contribution < -0.4 is 13.8 Å². The average Bonchev–Trinajstić information content (AvgIpc) is 2.87. The zero-order valence-electron chi connectivity index (χ0n) is 22.5. The van der Waals surface area contributed by atoms with Gasteiger partial charge in [0.25, 0.3) is 10.0 Å². The molecule has 0 saturated carbocycles. The number of aliphatic carboxylic acids is 1. The first-order chi connectivity index (χ1) is 18.8. The van der Waals surface area contributed by atoms with Gasteiger partial charge in [-0.25, -0.2) is 12.8 Å². The number of hydrogen-bond acceptors (Lipinski definition) is 8. The number of carboxylic acids is 1. The monoisotopic (exact) mass is 607 g/mol. The number of carboxylic acid groups (broad SMARTS) is 1. The van der Waals surface area contributed by atoms with Crippen LogP contribution in [0.15, 0.2) is 41.3 Å². The van der Waals surface area contributed by atoms with Gasteiger partial charge in [-0.1, -0.05) is 6.07 Å². The Bertz CT molecular complexity index is 1430. The van der Waals surface area contributed by atoms with Crippen molar-refractivity contribution in [3.05, 3.63) is 47.8 Å². The van der Waals surface area contributed by atoms with Gasteiger partial charge in [-0.05, 0) is 50.6 Å². The van der Waals surface area contributed by atoms with Crippen LogP contribution in [0, 0.1) is 11.2 Å². The van der Waals surface area contributed by atoms with E-state index in [-0.39, 0.29) is 34.1 Å². The van der Waals surface area contributed by atoms with Gasteiger partial charge in [-0.2, -0.15) is 13.2 Å². The zero-order valence-corrected chi connectivity index (χ0v) is 23.3. The highest BCUT2D eigenvalue weighted by molar-refractivity contribution is 7.92. The summed E-state index contributed by atoms with van der Waals surface area (Å²) in [6, 6.07) is 6.64. The summed E-state index contributed by atoms with van der Waals surface area (Å²) in [5.74, 6) is -3.80. The van der Waals surface area contributed by atoms with E-state index in [0.717, 1.165) is 29.6 Å². The molecule has 10 nitrogen and oxygen atoms in total. The van der Waals surface area contributed by atoms with Gasteiger partial charge in [0.05, 0.1) is 42.7 Å². The largest absolute Gasteiger partial charge is 0.494 e. The molecule has 2 aromatic rings. The van der Waals surface area contributed by atoms with Crippen LogP contribution in [0.2, 0.25) is 0 Å². The number of nitrogens with zero attached hydrogens (tertiary/aromatic N) is 1. The third-order valence-corrected chi connectivity index (χ3v) is 8.39. The molecule has 2 atom stereocenters. The molecule has 0 spiro atoms. The SMILES string of the molecule is COc1cc(S(=O)(=O)N2C[C@H](C[C@@](C)(CO)C(=O)O)Oc3ccc(CC(=O)OC(C)(C)C(F)(F)F)cc32)ccc1F. The zero-order chi connectivity index (χ0) is 31.0. The van der Waals surface area contributed by atoms with Crippen molar-refractivity contribution in [3.8, 4) is 11.5 Å². The van der Waals surface area contributed by atoms with Crippen molar-refractivity contribution < 1.29 is 60.0 Å². The Labute approximate surface area is 233 Å². The molecule has 0 aromatic heterocycles. The molecule has 0 amide bonds. The lowest BCUT2D eigenvalue weighted by atomic mass is 9.85. The van der Waals surface area contributed by atoms with Crippen LogP contribution in [0.25, 0.3) is 0 Å². The highest BCUT2D eigenvalue weighted by atomic mass is 32.2. The number of rotatable bonds is 10. The molecule has 41 heavy (non-hydrogen) atoms. The van der Waals surface area contributed by atoms with Crippen molar-refractivity contribution in [1.29, 1.82) is 0 Å². The van der Waals surface area contributed by atoms with Crippen molar-refractivity contribution in [3.63, 3.8) is 0 Å². The molecule has 0 aliphatic carbocycles. The van der Waals surface area contributed by atoms with Crippen LogP contribution in [0.5, 0.6) is 11.5 Å². The fourth-order valence-corrected chi connectivity index (χ4v) is 5.51. The first kappa shape index (κ1) is 31.9. The molecular formula is C26H29F4NO9S. The number of aliphatic hydroxyl groups excluding tert-OH is 1. The van der Waals surface area contributed by atoms with Gasteiger partial charge in [-0.3, -0.25) is 13.9 Å². The number of anilines is 1. The minimum atomic E-state index is -4.83. The van der Waals surface area contributed by atoms with Crippen LogP contribution in [-0.2, 0) is 30.8 Å². The number of hydrogen-bond donors (Lipinski definition) is 2. The second-order valence-electron chi connectivity index (χ2n) is 10.3. The van der Waals surface area contributed by atoms with Gasteiger partial charge in [0, 0.05) is 12.5 Å². The maximum absolute atomic E-state index is 14.0. The molecule has 226 valence electrons. The Morgan fingerprint density at radius 1 is 1.12 bits per heavy atom. The van der Waals surface area contributed by atoms with Gasteiger partial charge in [0.1, 0.15) is 11.9 Å². The van der Waals surface area contributed by atoms with E-state index in [0.29, 0.717) is 13.8 Å². The van der Waals surface area contributed by atoms with Gasteiger partial charge >= 0.3 is 18.1 Å². The number of aliphatic hydroxyl groups is 1. The number of esters is 1. The summed E-state index contributed by atoms with van der Waals surface area (Å²) in [6.45, 7) is 1.41. The van der Waals surface area contributed by atoms with Gasteiger partial charge < -0.3 is 24.4 Å². The third-order valence-electron chi connectivity index (χ3n) is 6.61. The van der Waals surface area contributed by atoms with E-state index in [1.807, 2.05) is 0 Å². The lowest BCUT2D eigenvalue weighted by Crippen LogP contribution is -2.47. The Morgan fingerprint density at radius 3 is 2.34 bits per heavy atom. The van der Waals surface area contributed by atoms with E-state index in [2.05, 4.69) is 4.74 Å². The quantitative estimate of drug-likeness (QED) is 0.306. The maximum Gasteiger partial charge on any atom is 0.427 e. The first-order valence-corrected chi connectivity index (χ1v) is 13.6. The Kier molecular flexibility index (Phi) is 8.84. The number of benzene rings is 2. The summed E-state index contributed by atoms with van der Waals surface area (Å²) in [7, 11) is -3.36. The molecule has 0 unspecified atom stereocenters. The fourth-order valence-electron chi connectivity index (χ4n) is 4.00. The summed E-state index contributed by atoms with van der Waals surface area (Å²) in [6.07, 6.45) is -6.86. The molecule has 2 N–H and O–H groups in total. The Hall–Kier alpha value is -3.59. The van der Waals surface area contributed by atoms with Crippen LogP contribution >= 0.6 is 0 Å². The highest BCUT2D eigenvalue weighted by Gasteiger charge is 2.51. The fraction of sp³-hybridized carbons (Fsp3) is 0.462. The van der Waals surface area contributed by atoms with Crippen LogP contribution in [-0.4, -0.2) is 68.7 Å². The molecule has 0 saturated heterocycles. The molecule has 0 fully saturated rings. The molecule has 3 rings (SSSR count). The molecular weight excluding hydrogens is 578 g/mol. The summed E-state index contributed by atoms with van der Waals surface area (Å²) >= 11 is 0. The van der Waals surface area contributed by atoms with E-state index in [9.17, 15) is 45.8 Å². The number of sulfonamides is 1. The minimum Gasteiger partial charge on any atom is -0.494 e. The summed E-state index contributed by atoms with van der Waals surface area (Å²) in [5, 5.41) is 19.3. The highest BCUT2D eigenvalue weighted by Crippen LogP contribution is 2.41. The molecule has 15 heteroatoms. The number of halogens is 4. The van der Waals surface area contributed by atoms with Crippen LogP contribution in [0.4, 0.5) is 23.2 Å². The molecule has 1 aliphatic rings. The normalized spacial score (nSPS) is 17.2. The smallest absolute Gasteiger partial charge is 0.427 e. The second kappa shape index (κ2) is 11.4. The van der Waals surface area contributed by atoms with Gasteiger partial charge in [-0.15, -0.1) is 0 Å². The van der Waals surface area contributed by atoms with E-state index in [1.165, 1.54) is 25.1 Å². The van der Waals surface area contributed by atoms with Crippen molar-refractivity contribution in [2.45, 2.75) is 56.4 Å². The number of carbonyl (C=O) groups is 2. The van der Waals surface area contributed by atoms with Gasteiger partial charge in [0.2, 0.25) is 5.60 Å². The summed E-state index contributed by atoms with van der Waals surface area (Å²) in [4.78, 5) is 23.7. The van der Waals surface area contributed by atoms with E-state index < -0.39 is 70.6 Å². The molecule has 0 radical (unpaired) electrons. The van der Waals surface area contributed by atoms with Crippen molar-refractivity contribution >= 4 is 27.6 Å². The number of ether oxygens (including phenoxy) is 3. The molecule has 1 heterocycles. The number of alkyl halides is 3. The standard InChI is InChI=1S/C26H29F4NO9S/c1-24(2,26(28,29)30)40-22(33)10-15-5-8-20-19(9-15)31(13-16(39-20)12-25(3,14-32)23(34)35)41(36,37)17-6-7-18(27)21(11-17)38-4/h5-9,11,16,32H,10,12-14H2,1-4H3,(H,34,35)/t16-,25-/m0/s1. The third kappa shape index (κ3) is 6.67. The Balaban J connectivity index is 2.05. The van der Waals surface area contributed by atoms with E-state index in [4.69, 9.17) is 9.47 Å². The number of methoxy groups -OCH3 is 1. The van der Waals surface area contributed by atoms with Crippen LogP contribution in [0.3, 0.4) is 0 Å².